The summed E-state index contributed by atoms with van der Waals surface area (Å²) < 4.78 is 0. The van der Waals surface area contributed by atoms with Crippen molar-refractivity contribution in [3.8, 4) is 0 Å². The molecule has 1 heterocycles. The van der Waals surface area contributed by atoms with Gasteiger partial charge in [-0.05, 0) is 42.9 Å². The lowest BCUT2D eigenvalue weighted by Gasteiger charge is -2.46. The Morgan fingerprint density at radius 2 is 1.80 bits per heavy atom. The monoisotopic (exact) mass is 274 g/mol. The van der Waals surface area contributed by atoms with E-state index in [1.807, 2.05) is 0 Å². The van der Waals surface area contributed by atoms with Crippen LogP contribution in [0.2, 0.25) is 0 Å². The first-order chi connectivity index (χ1) is 9.29. The number of hydrogen-bond acceptors (Lipinski definition) is 2. The van der Waals surface area contributed by atoms with E-state index in [2.05, 4.69) is 70.0 Å². The van der Waals surface area contributed by atoms with Crippen LogP contribution in [0.3, 0.4) is 0 Å². The van der Waals surface area contributed by atoms with Crippen LogP contribution in [0.25, 0.3) is 0 Å². The number of nitrogens with zero attached hydrogens (tertiary/aromatic N) is 1. The molecule has 2 atom stereocenters. The Kier molecular flexibility index (Phi) is 4.55. The molecule has 0 saturated carbocycles. The van der Waals surface area contributed by atoms with Gasteiger partial charge in [0.2, 0.25) is 0 Å². The Bertz CT molecular complexity index is 439. The molecule has 112 valence electrons. The average Bonchev–Trinajstić information content (AvgIpc) is 2.32. The number of hydrogen-bond donors (Lipinski definition) is 1. The maximum absolute atomic E-state index is 3.64. The topological polar surface area (TPSA) is 15.3 Å². The Balaban J connectivity index is 2.24. The van der Waals surface area contributed by atoms with Crippen LogP contribution in [0, 0.1) is 19.3 Å². The van der Waals surface area contributed by atoms with Crippen LogP contribution in [0.4, 0.5) is 0 Å². The minimum atomic E-state index is 0.309. The van der Waals surface area contributed by atoms with Crippen molar-refractivity contribution in [2.75, 3.05) is 13.1 Å². The van der Waals surface area contributed by atoms with Crippen LogP contribution in [0.15, 0.2) is 18.2 Å². The van der Waals surface area contributed by atoms with Crippen LogP contribution in [-0.4, -0.2) is 30.1 Å². The maximum atomic E-state index is 3.64. The molecule has 1 aliphatic heterocycles. The molecule has 1 fully saturated rings. The van der Waals surface area contributed by atoms with E-state index < -0.39 is 0 Å². The first kappa shape index (κ1) is 15.5. The molecule has 0 amide bonds. The van der Waals surface area contributed by atoms with Crippen molar-refractivity contribution in [1.29, 1.82) is 0 Å². The van der Waals surface area contributed by atoms with Gasteiger partial charge in [0.1, 0.15) is 0 Å². The summed E-state index contributed by atoms with van der Waals surface area (Å²) in [5, 5.41) is 3.64. The molecule has 2 unspecified atom stereocenters. The van der Waals surface area contributed by atoms with Crippen LogP contribution in [0.1, 0.15) is 44.4 Å². The zero-order chi connectivity index (χ0) is 14.9. The van der Waals surface area contributed by atoms with Crippen molar-refractivity contribution in [2.24, 2.45) is 5.41 Å². The molecule has 1 aliphatic rings. The summed E-state index contributed by atoms with van der Waals surface area (Å²) in [4.78, 5) is 2.68. The number of nitrogens with one attached hydrogen (secondary N) is 1. The second-order valence-electron chi connectivity index (χ2n) is 7.49. The Labute approximate surface area is 124 Å². The van der Waals surface area contributed by atoms with Crippen molar-refractivity contribution in [3.05, 3.63) is 34.9 Å². The first-order valence-electron chi connectivity index (χ1n) is 7.81. The predicted octanol–water partition coefficient (Wildman–Crippen LogP) is 3.51. The van der Waals surface area contributed by atoms with E-state index in [1.165, 1.54) is 16.7 Å². The molecule has 1 aromatic carbocycles. The summed E-state index contributed by atoms with van der Waals surface area (Å²) in [6, 6.07) is 7.81. The fourth-order valence-corrected chi connectivity index (χ4v) is 3.32. The lowest BCUT2D eigenvalue weighted by Crippen LogP contribution is -2.59. The zero-order valence-electron chi connectivity index (χ0n) is 14.0. The van der Waals surface area contributed by atoms with Crippen LogP contribution >= 0.6 is 0 Å². The van der Waals surface area contributed by atoms with Gasteiger partial charge in [-0.15, -0.1) is 0 Å². The van der Waals surface area contributed by atoms with Crippen LogP contribution in [-0.2, 0) is 6.54 Å². The molecule has 20 heavy (non-hydrogen) atoms. The van der Waals surface area contributed by atoms with E-state index >= 15 is 0 Å². The summed E-state index contributed by atoms with van der Waals surface area (Å²) in [5.74, 6) is 0. The quantitative estimate of drug-likeness (QED) is 0.888. The smallest absolute Gasteiger partial charge is 0.0273 e. The Morgan fingerprint density at radius 1 is 1.20 bits per heavy atom. The molecule has 2 rings (SSSR count). The van der Waals surface area contributed by atoms with Gasteiger partial charge in [0.15, 0.2) is 0 Å². The first-order valence-corrected chi connectivity index (χ1v) is 7.81. The maximum Gasteiger partial charge on any atom is 0.0273 e. The van der Waals surface area contributed by atoms with Gasteiger partial charge in [-0.1, -0.05) is 39.0 Å². The lowest BCUT2D eigenvalue weighted by molar-refractivity contribution is 0.0523. The molecule has 2 heteroatoms. The van der Waals surface area contributed by atoms with E-state index in [-0.39, 0.29) is 0 Å². The van der Waals surface area contributed by atoms with Crippen molar-refractivity contribution < 1.29 is 0 Å². The molecule has 0 aliphatic carbocycles. The number of piperazine rings is 1. The molecule has 0 aromatic heterocycles. The minimum Gasteiger partial charge on any atom is -0.311 e. The molecule has 2 nitrogen and oxygen atoms in total. The Morgan fingerprint density at radius 3 is 2.35 bits per heavy atom. The molecule has 0 spiro atoms. The highest BCUT2D eigenvalue weighted by Gasteiger charge is 2.34. The minimum absolute atomic E-state index is 0.309. The van der Waals surface area contributed by atoms with Crippen LogP contribution in [0.5, 0.6) is 0 Å². The van der Waals surface area contributed by atoms with Crippen LogP contribution < -0.4 is 5.32 Å². The number of aryl methyl sites for hydroxylation is 2. The summed E-state index contributed by atoms with van der Waals surface area (Å²) >= 11 is 0. The average molecular weight is 274 g/mol. The molecule has 0 bridgehead atoms. The Hall–Kier alpha value is -0.860. The number of benzene rings is 1. The summed E-state index contributed by atoms with van der Waals surface area (Å²) in [6.45, 7) is 17.1. The molecular weight excluding hydrogens is 244 g/mol. The third kappa shape index (κ3) is 3.42. The molecular formula is C18H30N2. The standard InChI is InChI=1S/C18H30N2/c1-13-8-7-9-14(2)16(13)12-20-11-15(3)19-10-17(20)18(4,5)6/h7-9,15,17,19H,10-12H2,1-6H3. The molecule has 1 aromatic rings. The number of rotatable bonds is 2. The summed E-state index contributed by atoms with van der Waals surface area (Å²) in [6.07, 6.45) is 0. The van der Waals surface area contributed by atoms with Gasteiger partial charge >= 0.3 is 0 Å². The molecule has 1 saturated heterocycles. The van der Waals surface area contributed by atoms with Gasteiger partial charge in [-0.2, -0.15) is 0 Å². The van der Waals surface area contributed by atoms with Gasteiger partial charge in [-0.25, -0.2) is 0 Å². The van der Waals surface area contributed by atoms with Gasteiger partial charge in [0.25, 0.3) is 0 Å². The van der Waals surface area contributed by atoms with E-state index in [0.717, 1.165) is 19.6 Å². The second kappa shape index (κ2) is 5.87. The van der Waals surface area contributed by atoms with Gasteiger partial charge in [-0.3, -0.25) is 4.90 Å². The fourth-order valence-electron chi connectivity index (χ4n) is 3.32. The van der Waals surface area contributed by atoms with Gasteiger partial charge < -0.3 is 5.32 Å². The normalized spacial score (nSPS) is 24.9. The van der Waals surface area contributed by atoms with Crippen molar-refractivity contribution in [3.63, 3.8) is 0 Å². The van der Waals surface area contributed by atoms with Crippen molar-refractivity contribution >= 4 is 0 Å². The zero-order valence-corrected chi connectivity index (χ0v) is 14.0. The van der Waals surface area contributed by atoms with Gasteiger partial charge in [0, 0.05) is 31.7 Å². The highest BCUT2D eigenvalue weighted by atomic mass is 15.2. The van der Waals surface area contributed by atoms with E-state index in [9.17, 15) is 0 Å². The summed E-state index contributed by atoms with van der Waals surface area (Å²) in [7, 11) is 0. The largest absolute Gasteiger partial charge is 0.311 e. The fraction of sp³-hybridized carbons (Fsp3) is 0.667. The summed E-state index contributed by atoms with van der Waals surface area (Å²) in [5.41, 5.74) is 4.66. The van der Waals surface area contributed by atoms with Crippen molar-refractivity contribution in [2.45, 2.75) is 60.2 Å². The highest BCUT2D eigenvalue weighted by Crippen LogP contribution is 2.28. The third-order valence-electron chi connectivity index (χ3n) is 4.61. The SMILES string of the molecule is Cc1cccc(C)c1CN1CC(C)NCC1C(C)(C)C. The highest BCUT2D eigenvalue weighted by molar-refractivity contribution is 5.33. The van der Waals surface area contributed by atoms with E-state index in [4.69, 9.17) is 0 Å². The second-order valence-corrected chi connectivity index (χ2v) is 7.49. The van der Waals surface area contributed by atoms with Crippen molar-refractivity contribution in [1.82, 2.24) is 10.2 Å². The van der Waals surface area contributed by atoms with Gasteiger partial charge in [0.05, 0.1) is 0 Å². The van der Waals surface area contributed by atoms with E-state index in [0.29, 0.717) is 17.5 Å². The predicted molar refractivity (Wildman–Crippen MR) is 87.0 cm³/mol. The molecule has 0 radical (unpaired) electrons. The lowest BCUT2D eigenvalue weighted by atomic mass is 9.83. The molecule has 1 N–H and O–H groups in total. The third-order valence-corrected chi connectivity index (χ3v) is 4.61. The van der Waals surface area contributed by atoms with E-state index in [1.54, 1.807) is 0 Å².